The van der Waals surface area contributed by atoms with Crippen LogP contribution >= 0.6 is 0 Å². The van der Waals surface area contributed by atoms with Gasteiger partial charge in [0.15, 0.2) is 0 Å². The zero-order valence-corrected chi connectivity index (χ0v) is 12.1. The van der Waals surface area contributed by atoms with E-state index in [4.69, 9.17) is 0 Å². The van der Waals surface area contributed by atoms with Crippen LogP contribution in [0.2, 0.25) is 0 Å². The first-order valence-corrected chi connectivity index (χ1v) is 7.37. The van der Waals surface area contributed by atoms with Crippen LogP contribution in [0.25, 0.3) is 0 Å². The largest absolute Gasteiger partial charge is 0.338 e. The number of halogens is 1. The number of aromatic nitrogens is 2. The first-order valence-electron chi connectivity index (χ1n) is 7.37. The molecule has 1 N–H and O–H groups in total. The molecule has 1 aliphatic rings. The van der Waals surface area contributed by atoms with E-state index in [1.165, 1.54) is 12.4 Å². The Morgan fingerprint density at radius 3 is 2.68 bits per heavy atom. The molecule has 0 bridgehead atoms. The number of likely N-dealkylation sites (tertiary alicyclic amines) is 1. The van der Waals surface area contributed by atoms with Crippen molar-refractivity contribution < 1.29 is 9.18 Å². The molecular formula is C16H17FN4O. The number of hydrogen-bond donors (Lipinski definition) is 1. The third kappa shape index (κ3) is 3.21. The minimum atomic E-state index is -0.370. The molecule has 0 aliphatic carbocycles. The normalized spacial score (nSPS) is 14.7. The van der Waals surface area contributed by atoms with Gasteiger partial charge in [-0.3, -0.25) is 4.79 Å². The van der Waals surface area contributed by atoms with E-state index in [0.717, 1.165) is 32.4 Å². The van der Waals surface area contributed by atoms with E-state index in [2.05, 4.69) is 15.3 Å². The van der Waals surface area contributed by atoms with Crippen LogP contribution in [0.1, 0.15) is 29.8 Å². The fraction of sp³-hybridized carbons (Fsp3) is 0.312. The molecule has 1 aliphatic heterocycles. The van der Waals surface area contributed by atoms with E-state index in [1.54, 1.807) is 29.2 Å². The maximum atomic E-state index is 13.6. The highest BCUT2D eigenvalue weighted by Crippen LogP contribution is 2.19. The summed E-state index contributed by atoms with van der Waals surface area (Å²) in [7, 11) is 0. The molecule has 0 saturated carbocycles. The highest BCUT2D eigenvalue weighted by Gasteiger charge is 2.19. The van der Waals surface area contributed by atoms with E-state index in [-0.39, 0.29) is 11.7 Å². The van der Waals surface area contributed by atoms with Crippen LogP contribution in [0.4, 0.5) is 15.9 Å². The van der Waals surface area contributed by atoms with Gasteiger partial charge in [0.05, 0.1) is 5.69 Å². The summed E-state index contributed by atoms with van der Waals surface area (Å²) in [5.41, 5.74) is 0.647. The quantitative estimate of drug-likeness (QED) is 0.946. The second-order valence-corrected chi connectivity index (χ2v) is 5.25. The Morgan fingerprint density at radius 1 is 1.14 bits per heavy atom. The van der Waals surface area contributed by atoms with E-state index in [0.29, 0.717) is 17.2 Å². The number of hydrogen-bond acceptors (Lipinski definition) is 4. The minimum Gasteiger partial charge on any atom is -0.338 e. The lowest BCUT2D eigenvalue weighted by Gasteiger charge is -2.26. The van der Waals surface area contributed by atoms with Crippen LogP contribution in [0.3, 0.4) is 0 Å². The number of anilines is 2. The van der Waals surface area contributed by atoms with Gasteiger partial charge in [-0.15, -0.1) is 0 Å². The summed E-state index contributed by atoms with van der Waals surface area (Å²) in [6.07, 6.45) is 4.53. The molecule has 2 aromatic rings. The molecular weight excluding hydrogens is 283 g/mol. The average Bonchev–Trinajstić information content (AvgIpc) is 2.57. The Kier molecular flexibility index (Phi) is 4.27. The summed E-state index contributed by atoms with van der Waals surface area (Å²) >= 11 is 0. The van der Waals surface area contributed by atoms with Crippen LogP contribution in [0.15, 0.2) is 36.7 Å². The number of rotatable bonds is 3. The number of nitrogens with one attached hydrogen (secondary N) is 1. The van der Waals surface area contributed by atoms with Crippen molar-refractivity contribution in [1.82, 2.24) is 14.9 Å². The molecule has 3 rings (SSSR count). The number of nitrogens with zero attached hydrogens (tertiary/aromatic N) is 3. The molecule has 22 heavy (non-hydrogen) atoms. The zero-order valence-electron chi connectivity index (χ0n) is 12.1. The van der Waals surface area contributed by atoms with Crippen molar-refractivity contribution in [2.45, 2.75) is 19.3 Å². The van der Waals surface area contributed by atoms with Gasteiger partial charge in [-0.25, -0.2) is 14.4 Å². The summed E-state index contributed by atoms with van der Waals surface area (Å²) in [4.78, 5) is 22.3. The van der Waals surface area contributed by atoms with Crippen molar-refractivity contribution in [2.75, 3.05) is 18.4 Å². The van der Waals surface area contributed by atoms with Crippen LogP contribution in [-0.2, 0) is 0 Å². The maximum Gasteiger partial charge on any atom is 0.272 e. The van der Waals surface area contributed by atoms with Crippen molar-refractivity contribution in [3.8, 4) is 0 Å². The van der Waals surface area contributed by atoms with Gasteiger partial charge in [0, 0.05) is 19.2 Å². The predicted octanol–water partition coefficient (Wildman–Crippen LogP) is 2.99. The van der Waals surface area contributed by atoms with Gasteiger partial charge < -0.3 is 10.2 Å². The Balaban J connectivity index is 1.77. The van der Waals surface area contributed by atoms with Gasteiger partial charge >= 0.3 is 0 Å². The molecule has 1 saturated heterocycles. The summed E-state index contributed by atoms with van der Waals surface area (Å²) in [5.74, 6) is -0.0656. The highest BCUT2D eigenvalue weighted by molar-refractivity contribution is 5.93. The highest BCUT2D eigenvalue weighted by atomic mass is 19.1. The zero-order chi connectivity index (χ0) is 15.4. The Morgan fingerprint density at radius 2 is 1.91 bits per heavy atom. The Labute approximate surface area is 128 Å². The monoisotopic (exact) mass is 300 g/mol. The number of carbonyl (C=O) groups is 1. The van der Waals surface area contributed by atoms with Gasteiger partial charge in [-0.1, -0.05) is 12.1 Å². The van der Waals surface area contributed by atoms with Gasteiger partial charge in [0.1, 0.15) is 23.7 Å². The first kappa shape index (κ1) is 14.4. The standard InChI is InChI=1S/C16H17FN4O/c17-12-6-2-3-7-13(12)20-15-10-14(18-11-19-15)16(22)21-8-4-1-5-9-21/h2-3,6-7,10-11H,1,4-5,8-9H2,(H,18,19,20). The van der Waals surface area contributed by atoms with E-state index in [9.17, 15) is 9.18 Å². The van der Waals surface area contributed by atoms with Gasteiger partial charge in [-0.2, -0.15) is 0 Å². The summed E-state index contributed by atoms with van der Waals surface area (Å²) < 4.78 is 13.6. The molecule has 2 heterocycles. The van der Waals surface area contributed by atoms with Crippen molar-refractivity contribution in [1.29, 1.82) is 0 Å². The van der Waals surface area contributed by atoms with Crippen LogP contribution in [-0.4, -0.2) is 33.9 Å². The smallest absolute Gasteiger partial charge is 0.272 e. The van der Waals surface area contributed by atoms with Crippen LogP contribution in [0, 0.1) is 5.82 Å². The molecule has 0 radical (unpaired) electrons. The third-order valence-electron chi connectivity index (χ3n) is 3.67. The summed E-state index contributed by atoms with van der Waals surface area (Å²) in [6, 6.07) is 7.88. The van der Waals surface area contributed by atoms with Gasteiger partial charge in [0.2, 0.25) is 0 Å². The molecule has 1 aromatic carbocycles. The number of carbonyl (C=O) groups excluding carboxylic acids is 1. The fourth-order valence-electron chi connectivity index (χ4n) is 2.50. The molecule has 0 atom stereocenters. The lowest BCUT2D eigenvalue weighted by molar-refractivity contribution is 0.0718. The second kappa shape index (κ2) is 6.51. The van der Waals surface area contributed by atoms with E-state index >= 15 is 0 Å². The lowest BCUT2D eigenvalue weighted by atomic mass is 10.1. The molecule has 0 unspecified atom stereocenters. The predicted molar refractivity (Wildman–Crippen MR) is 81.5 cm³/mol. The molecule has 1 fully saturated rings. The van der Waals surface area contributed by atoms with Crippen molar-refractivity contribution >= 4 is 17.4 Å². The van der Waals surface area contributed by atoms with Gasteiger partial charge in [0.25, 0.3) is 5.91 Å². The Bertz CT molecular complexity index is 671. The number of piperidine rings is 1. The van der Waals surface area contributed by atoms with Crippen LogP contribution in [0.5, 0.6) is 0 Å². The van der Waals surface area contributed by atoms with Crippen LogP contribution < -0.4 is 5.32 Å². The van der Waals surface area contributed by atoms with Crippen molar-refractivity contribution in [3.63, 3.8) is 0 Å². The molecule has 1 aromatic heterocycles. The maximum absolute atomic E-state index is 13.6. The van der Waals surface area contributed by atoms with Gasteiger partial charge in [-0.05, 0) is 31.4 Å². The first-order chi connectivity index (χ1) is 10.7. The molecule has 6 heteroatoms. The average molecular weight is 300 g/mol. The molecule has 114 valence electrons. The minimum absolute atomic E-state index is 0.0984. The molecule has 0 spiro atoms. The number of para-hydroxylation sites is 1. The fourth-order valence-corrected chi connectivity index (χ4v) is 2.50. The van der Waals surface area contributed by atoms with E-state index < -0.39 is 0 Å². The second-order valence-electron chi connectivity index (χ2n) is 5.25. The molecule has 1 amide bonds. The number of benzene rings is 1. The lowest BCUT2D eigenvalue weighted by Crippen LogP contribution is -2.36. The number of amides is 1. The third-order valence-corrected chi connectivity index (χ3v) is 3.67. The SMILES string of the molecule is O=C(c1cc(Nc2ccccc2F)ncn1)N1CCCCC1. The summed E-state index contributed by atoms with van der Waals surface area (Å²) in [5, 5.41) is 2.87. The summed E-state index contributed by atoms with van der Waals surface area (Å²) in [6.45, 7) is 1.53. The Hall–Kier alpha value is -2.50. The van der Waals surface area contributed by atoms with E-state index in [1.807, 2.05) is 0 Å². The van der Waals surface area contributed by atoms with Crippen molar-refractivity contribution in [2.24, 2.45) is 0 Å². The molecule has 5 nitrogen and oxygen atoms in total. The topological polar surface area (TPSA) is 58.1 Å². The van der Waals surface area contributed by atoms with Crippen molar-refractivity contribution in [3.05, 3.63) is 48.2 Å².